The van der Waals surface area contributed by atoms with Gasteiger partial charge in [0.1, 0.15) is 0 Å². The fourth-order valence-electron chi connectivity index (χ4n) is 2.78. The Kier molecular flexibility index (Phi) is 4.27. The fraction of sp³-hybridized carbons (Fsp3) is 0.429. The molecule has 0 fully saturated rings. The van der Waals surface area contributed by atoms with Crippen molar-refractivity contribution in [2.75, 3.05) is 0 Å². The largest absolute Gasteiger partial charge is 0.0587 e. The summed E-state index contributed by atoms with van der Waals surface area (Å²) in [6.07, 6.45) is 1.03. The highest BCUT2D eigenvalue weighted by molar-refractivity contribution is 5.42. The van der Waals surface area contributed by atoms with Gasteiger partial charge in [-0.1, -0.05) is 51.1 Å². The average molecular weight is 280 g/mol. The van der Waals surface area contributed by atoms with Crippen LogP contribution >= 0.6 is 0 Å². The van der Waals surface area contributed by atoms with Gasteiger partial charge >= 0.3 is 0 Å². The third kappa shape index (κ3) is 3.56. The number of hydrogen-bond acceptors (Lipinski definition) is 0. The van der Waals surface area contributed by atoms with Gasteiger partial charge in [0.15, 0.2) is 0 Å². The average Bonchev–Trinajstić information content (AvgIpc) is 2.37. The first-order valence-electron chi connectivity index (χ1n) is 7.85. The minimum absolute atomic E-state index is 0.210. The fourth-order valence-corrected chi connectivity index (χ4v) is 2.78. The van der Waals surface area contributed by atoms with Crippen LogP contribution in [0.25, 0.3) is 0 Å². The zero-order valence-corrected chi connectivity index (χ0v) is 14.6. The van der Waals surface area contributed by atoms with Crippen molar-refractivity contribution in [1.82, 2.24) is 0 Å². The topological polar surface area (TPSA) is 0 Å². The second kappa shape index (κ2) is 5.67. The van der Waals surface area contributed by atoms with Gasteiger partial charge in [-0.05, 0) is 78.5 Å². The van der Waals surface area contributed by atoms with Crippen LogP contribution in [0.2, 0.25) is 0 Å². The van der Waals surface area contributed by atoms with E-state index in [2.05, 4.69) is 78.8 Å². The van der Waals surface area contributed by atoms with E-state index < -0.39 is 0 Å². The van der Waals surface area contributed by atoms with Crippen molar-refractivity contribution < 1.29 is 0 Å². The number of benzene rings is 2. The smallest absolute Gasteiger partial charge is 0.00228 e. The molecule has 2 aromatic carbocycles. The SMILES string of the molecule is Cc1ccc(C(C)(C)C)cc1Cc1cc(C)c(C)c(C)c1. The molecule has 0 nitrogen and oxygen atoms in total. The molecule has 0 spiro atoms. The Morgan fingerprint density at radius 3 is 1.86 bits per heavy atom. The maximum absolute atomic E-state index is 2.39. The van der Waals surface area contributed by atoms with E-state index in [0.29, 0.717) is 0 Å². The molecule has 0 aromatic heterocycles. The third-order valence-electron chi connectivity index (χ3n) is 4.60. The summed E-state index contributed by atoms with van der Waals surface area (Å²) < 4.78 is 0. The molecule has 0 unspecified atom stereocenters. The Morgan fingerprint density at radius 1 is 0.762 bits per heavy atom. The van der Waals surface area contributed by atoms with E-state index in [1.807, 2.05) is 0 Å². The van der Waals surface area contributed by atoms with Crippen LogP contribution in [0, 0.1) is 27.7 Å². The third-order valence-corrected chi connectivity index (χ3v) is 4.60. The summed E-state index contributed by atoms with van der Waals surface area (Å²) in [6.45, 7) is 15.7. The minimum Gasteiger partial charge on any atom is -0.0587 e. The lowest BCUT2D eigenvalue weighted by Gasteiger charge is -2.21. The molecule has 0 N–H and O–H groups in total. The van der Waals surface area contributed by atoms with Crippen molar-refractivity contribution in [3.8, 4) is 0 Å². The van der Waals surface area contributed by atoms with Crippen molar-refractivity contribution in [1.29, 1.82) is 0 Å². The molecule has 2 rings (SSSR count). The van der Waals surface area contributed by atoms with Gasteiger partial charge in [-0.15, -0.1) is 0 Å². The van der Waals surface area contributed by atoms with Crippen LogP contribution in [0.1, 0.15) is 59.7 Å². The predicted molar refractivity (Wildman–Crippen MR) is 93.3 cm³/mol. The van der Waals surface area contributed by atoms with Crippen molar-refractivity contribution in [3.05, 3.63) is 69.3 Å². The molecular formula is C21H28. The molecule has 2 aromatic rings. The monoisotopic (exact) mass is 280 g/mol. The van der Waals surface area contributed by atoms with Crippen LogP contribution in [0.15, 0.2) is 30.3 Å². The summed E-state index contributed by atoms with van der Waals surface area (Å²) in [5.74, 6) is 0. The maximum atomic E-state index is 2.39. The highest BCUT2D eigenvalue weighted by Gasteiger charge is 2.15. The van der Waals surface area contributed by atoms with Gasteiger partial charge in [0, 0.05) is 0 Å². The molecule has 0 bridgehead atoms. The predicted octanol–water partition coefficient (Wildman–Crippen LogP) is 5.81. The lowest BCUT2D eigenvalue weighted by Crippen LogP contribution is -2.11. The number of hydrogen-bond donors (Lipinski definition) is 0. The standard InChI is InChI=1S/C21H28/c1-14-8-9-20(21(5,6)7)13-19(14)12-18-10-15(2)17(4)16(3)11-18/h8-11,13H,12H2,1-7H3. The summed E-state index contributed by atoms with van der Waals surface area (Å²) in [5, 5.41) is 0. The molecule has 112 valence electrons. The molecule has 21 heavy (non-hydrogen) atoms. The van der Waals surface area contributed by atoms with Crippen LogP contribution in [0.3, 0.4) is 0 Å². The summed E-state index contributed by atoms with van der Waals surface area (Å²) in [5.41, 5.74) is 10.1. The van der Waals surface area contributed by atoms with E-state index in [1.54, 1.807) is 0 Å². The van der Waals surface area contributed by atoms with Crippen LogP contribution < -0.4 is 0 Å². The Hall–Kier alpha value is -1.56. The normalized spacial score (nSPS) is 11.8. The van der Waals surface area contributed by atoms with Crippen molar-refractivity contribution in [2.24, 2.45) is 0 Å². The van der Waals surface area contributed by atoms with E-state index >= 15 is 0 Å². The summed E-state index contributed by atoms with van der Waals surface area (Å²) in [4.78, 5) is 0. The van der Waals surface area contributed by atoms with E-state index in [-0.39, 0.29) is 5.41 Å². The zero-order valence-electron chi connectivity index (χ0n) is 14.6. The molecule has 0 radical (unpaired) electrons. The summed E-state index contributed by atoms with van der Waals surface area (Å²) in [6, 6.07) is 11.6. The van der Waals surface area contributed by atoms with E-state index in [4.69, 9.17) is 0 Å². The summed E-state index contributed by atoms with van der Waals surface area (Å²) >= 11 is 0. The van der Waals surface area contributed by atoms with Gasteiger partial charge in [-0.25, -0.2) is 0 Å². The molecule has 0 heterocycles. The zero-order chi connectivity index (χ0) is 15.8. The number of aryl methyl sites for hydroxylation is 3. The van der Waals surface area contributed by atoms with Gasteiger partial charge in [-0.3, -0.25) is 0 Å². The molecule has 0 saturated carbocycles. The van der Waals surface area contributed by atoms with E-state index in [9.17, 15) is 0 Å². The van der Waals surface area contributed by atoms with Gasteiger partial charge in [-0.2, -0.15) is 0 Å². The first-order valence-corrected chi connectivity index (χ1v) is 7.85. The van der Waals surface area contributed by atoms with E-state index in [0.717, 1.165) is 6.42 Å². The number of rotatable bonds is 2. The lowest BCUT2D eigenvalue weighted by atomic mass is 9.84. The van der Waals surface area contributed by atoms with Gasteiger partial charge < -0.3 is 0 Å². The molecule has 0 aliphatic heterocycles. The Bertz CT molecular complexity index is 631. The Morgan fingerprint density at radius 2 is 1.33 bits per heavy atom. The highest BCUT2D eigenvalue weighted by Crippen LogP contribution is 2.26. The molecular weight excluding hydrogens is 252 g/mol. The molecule has 0 atom stereocenters. The van der Waals surface area contributed by atoms with Crippen molar-refractivity contribution in [2.45, 2.75) is 60.3 Å². The van der Waals surface area contributed by atoms with Gasteiger partial charge in [0.2, 0.25) is 0 Å². The van der Waals surface area contributed by atoms with Crippen LogP contribution in [-0.4, -0.2) is 0 Å². The minimum atomic E-state index is 0.210. The molecule has 0 amide bonds. The van der Waals surface area contributed by atoms with Crippen molar-refractivity contribution >= 4 is 0 Å². The highest BCUT2D eigenvalue weighted by atomic mass is 14.2. The second-order valence-corrected chi connectivity index (χ2v) is 7.42. The quantitative estimate of drug-likeness (QED) is 0.651. The molecule has 0 saturated heterocycles. The second-order valence-electron chi connectivity index (χ2n) is 7.42. The maximum Gasteiger partial charge on any atom is -0.00228 e. The van der Waals surface area contributed by atoms with Crippen molar-refractivity contribution in [3.63, 3.8) is 0 Å². The Balaban J connectivity index is 2.40. The molecule has 0 aliphatic carbocycles. The van der Waals surface area contributed by atoms with Gasteiger partial charge in [0.05, 0.1) is 0 Å². The first kappa shape index (κ1) is 15.8. The Labute approximate surface area is 130 Å². The van der Waals surface area contributed by atoms with E-state index in [1.165, 1.54) is 38.9 Å². The van der Waals surface area contributed by atoms with Gasteiger partial charge in [0.25, 0.3) is 0 Å². The van der Waals surface area contributed by atoms with Crippen LogP contribution in [0.4, 0.5) is 0 Å². The molecule has 0 aliphatic rings. The van der Waals surface area contributed by atoms with Crippen LogP contribution in [0.5, 0.6) is 0 Å². The first-order chi connectivity index (χ1) is 9.68. The lowest BCUT2D eigenvalue weighted by molar-refractivity contribution is 0.589. The summed E-state index contributed by atoms with van der Waals surface area (Å²) in [7, 11) is 0. The molecule has 0 heteroatoms. The van der Waals surface area contributed by atoms with Crippen LogP contribution in [-0.2, 0) is 11.8 Å².